The van der Waals surface area contributed by atoms with Gasteiger partial charge in [-0.2, -0.15) is 0 Å². The van der Waals surface area contributed by atoms with Crippen LogP contribution in [-0.4, -0.2) is 17.4 Å². The SMILES string of the molecule is CC(C)=CCC1=CCC(=O)OC1O. The van der Waals surface area contributed by atoms with Crippen LogP contribution in [0.5, 0.6) is 0 Å². The van der Waals surface area contributed by atoms with Crippen LogP contribution < -0.4 is 0 Å². The third kappa shape index (κ3) is 3.03. The van der Waals surface area contributed by atoms with Gasteiger partial charge >= 0.3 is 5.97 Å². The maximum atomic E-state index is 10.7. The summed E-state index contributed by atoms with van der Waals surface area (Å²) in [6, 6.07) is 0. The Bertz CT molecular complexity index is 259. The van der Waals surface area contributed by atoms with E-state index in [2.05, 4.69) is 4.74 Å². The van der Waals surface area contributed by atoms with Crippen LogP contribution in [0.4, 0.5) is 0 Å². The average Bonchev–Trinajstić information content (AvgIpc) is 2.02. The van der Waals surface area contributed by atoms with Crippen LogP contribution in [0.3, 0.4) is 0 Å². The van der Waals surface area contributed by atoms with Crippen LogP contribution in [0.15, 0.2) is 23.3 Å². The first-order valence-corrected chi connectivity index (χ1v) is 4.29. The van der Waals surface area contributed by atoms with Gasteiger partial charge in [-0.3, -0.25) is 4.79 Å². The van der Waals surface area contributed by atoms with E-state index in [1.54, 1.807) is 6.08 Å². The average molecular weight is 182 g/mol. The second kappa shape index (κ2) is 4.23. The summed E-state index contributed by atoms with van der Waals surface area (Å²) in [5.41, 5.74) is 1.95. The number of rotatable bonds is 2. The lowest BCUT2D eigenvalue weighted by atomic mass is 10.1. The van der Waals surface area contributed by atoms with Gasteiger partial charge in [0, 0.05) is 0 Å². The van der Waals surface area contributed by atoms with Crippen molar-refractivity contribution in [3.63, 3.8) is 0 Å². The normalized spacial score (nSPS) is 21.9. The van der Waals surface area contributed by atoms with Crippen LogP contribution in [0.1, 0.15) is 26.7 Å². The van der Waals surface area contributed by atoms with E-state index in [1.807, 2.05) is 19.9 Å². The van der Waals surface area contributed by atoms with Gasteiger partial charge in [0.15, 0.2) is 0 Å². The second-order valence-electron chi connectivity index (χ2n) is 3.31. The van der Waals surface area contributed by atoms with Crippen LogP contribution in [0, 0.1) is 0 Å². The predicted molar refractivity (Wildman–Crippen MR) is 48.8 cm³/mol. The summed E-state index contributed by atoms with van der Waals surface area (Å²) in [6.45, 7) is 3.98. The maximum absolute atomic E-state index is 10.7. The fourth-order valence-corrected chi connectivity index (χ4v) is 1.07. The monoisotopic (exact) mass is 182 g/mol. The van der Waals surface area contributed by atoms with E-state index in [9.17, 15) is 9.90 Å². The van der Waals surface area contributed by atoms with E-state index in [-0.39, 0.29) is 12.4 Å². The molecule has 0 amide bonds. The lowest BCUT2D eigenvalue weighted by molar-refractivity contribution is -0.163. The number of carbonyl (C=O) groups excluding carboxylic acids is 1. The Hall–Kier alpha value is -1.09. The molecule has 13 heavy (non-hydrogen) atoms. The van der Waals surface area contributed by atoms with Crippen molar-refractivity contribution in [1.82, 2.24) is 0 Å². The molecule has 1 aliphatic heterocycles. The number of esters is 1. The quantitative estimate of drug-likeness (QED) is 0.520. The molecule has 0 spiro atoms. The third-order valence-electron chi connectivity index (χ3n) is 1.84. The van der Waals surface area contributed by atoms with Crippen molar-refractivity contribution in [2.45, 2.75) is 33.0 Å². The number of hydrogen-bond acceptors (Lipinski definition) is 3. The number of cyclic esters (lactones) is 1. The van der Waals surface area contributed by atoms with Gasteiger partial charge in [0.2, 0.25) is 6.29 Å². The Kier molecular flexibility index (Phi) is 3.25. The summed E-state index contributed by atoms with van der Waals surface area (Å²) >= 11 is 0. The highest BCUT2D eigenvalue weighted by Gasteiger charge is 2.19. The first kappa shape index (κ1) is 9.99. The van der Waals surface area contributed by atoms with Gasteiger partial charge in [0.1, 0.15) is 0 Å². The summed E-state index contributed by atoms with van der Waals surface area (Å²) in [7, 11) is 0. The zero-order valence-corrected chi connectivity index (χ0v) is 7.91. The molecule has 1 aliphatic rings. The van der Waals surface area contributed by atoms with Crippen LogP contribution in [0.25, 0.3) is 0 Å². The summed E-state index contributed by atoms with van der Waals surface area (Å²) in [5.74, 6) is -0.367. The van der Waals surface area contributed by atoms with Gasteiger partial charge in [-0.15, -0.1) is 0 Å². The zero-order valence-electron chi connectivity index (χ0n) is 7.91. The Morgan fingerprint density at radius 2 is 2.46 bits per heavy atom. The van der Waals surface area contributed by atoms with E-state index < -0.39 is 6.29 Å². The highest BCUT2D eigenvalue weighted by Crippen LogP contribution is 2.17. The first-order chi connectivity index (χ1) is 6.09. The van der Waals surface area contributed by atoms with E-state index in [4.69, 9.17) is 0 Å². The Morgan fingerprint density at radius 1 is 1.77 bits per heavy atom. The summed E-state index contributed by atoms with van der Waals surface area (Å²) in [5, 5.41) is 9.31. The molecular formula is C10H14O3. The minimum absolute atomic E-state index is 0.267. The number of allylic oxidation sites excluding steroid dienone is 2. The molecule has 1 rings (SSSR count). The Labute approximate surface area is 77.7 Å². The van der Waals surface area contributed by atoms with Gasteiger partial charge < -0.3 is 9.84 Å². The molecule has 0 radical (unpaired) electrons. The van der Waals surface area contributed by atoms with E-state index >= 15 is 0 Å². The Morgan fingerprint density at radius 3 is 3.00 bits per heavy atom. The van der Waals surface area contributed by atoms with Gasteiger partial charge in [0.25, 0.3) is 0 Å². The lowest BCUT2D eigenvalue weighted by Crippen LogP contribution is -2.23. The van der Waals surface area contributed by atoms with Gasteiger partial charge in [0.05, 0.1) is 6.42 Å². The van der Waals surface area contributed by atoms with E-state index in [1.165, 1.54) is 5.57 Å². The maximum Gasteiger partial charge on any atom is 0.312 e. The molecule has 0 saturated heterocycles. The molecule has 0 aliphatic carbocycles. The molecule has 3 heteroatoms. The summed E-state index contributed by atoms with van der Waals surface area (Å²) in [4.78, 5) is 10.7. The van der Waals surface area contributed by atoms with Crippen molar-refractivity contribution < 1.29 is 14.6 Å². The van der Waals surface area contributed by atoms with Crippen LogP contribution in [0.2, 0.25) is 0 Å². The van der Waals surface area contributed by atoms with Crippen LogP contribution in [-0.2, 0) is 9.53 Å². The molecule has 0 aromatic heterocycles. The number of aliphatic hydroxyl groups excluding tert-OH is 1. The Balaban J connectivity index is 2.59. The number of aliphatic hydroxyl groups is 1. The zero-order chi connectivity index (χ0) is 9.84. The van der Waals surface area contributed by atoms with Crippen molar-refractivity contribution in [1.29, 1.82) is 0 Å². The van der Waals surface area contributed by atoms with Gasteiger partial charge in [-0.25, -0.2) is 0 Å². The van der Waals surface area contributed by atoms with Crippen molar-refractivity contribution >= 4 is 5.97 Å². The third-order valence-corrected chi connectivity index (χ3v) is 1.84. The molecule has 0 fully saturated rings. The van der Waals surface area contributed by atoms with Crippen molar-refractivity contribution in [3.05, 3.63) is 23.3 Å². The van der Waals surface area contributed by atoms with Crippen molar-refractivity contribution in [2.24, 2.45) is 0 Å². The largest absolute Gasteiger partial charge is 0.432 e. The predicted octanol–water partition coefficient (Wildman–Crippen LogP) is 1.53. The smallest absolute Gasteiger partial charge is 0.312 e. The molecule has 1 N–H and O–H groups in total. The topological polar surface area (TPSA) is 46.5 Å². The van der Waals surface area contributed by atoms with E-state index in [0.29, 0.717) is 6.42 Å². The fourth-order valence-electron chi connectivity index (χ4n) is 1.07. The van der Waals surface area contributed by atoms with Gasteiger partial charge in [-0.1, -0.05) is 17.7 Å². The molecular weight excluding hydrogens is 168 g/mol. The first-order valence-electron chi connectivity index (χ1n) is 4.29. The molecule has 72 valence electrons. The van der Waals surface area contributed by atoms with Crippen LogP contribution >= 0.6 is 0 Å². The molecule has 0 aromatic rings. The standard InChI is InChI=1S/C10H14O3/c1-7(2)3-4-8-5-6-9(11)13-10(8)12/h3,5,10,12H,4,6H2,1-2H3. The molecule has 0 bridgehead atoms. The highest BCUT2D eigenvalue weighted by molar-refractivity contribution is 5.73. The van der Waals surface area contributed by atoms with E-state index in [0.717, 1.165) is 5.57 Å². The number of ether oxygens (including phenoxy) is 1. The minimum atomic E-state index is -1.04. The number of carbonyl (C=O) groups is 1. The molecule has 1 unspecified atom stereocenters. The molecule has 0 aromatic carbocycles. The van der Waals surface area contributed by atoms with Crippen molar-refractivity contribution in [3.8, 4) is 0 Å². The second-order valence-corrected chi connectivity index (χ2v) is 3.31. The highest BCUT2D eigenvalue weighted by atomic mass is 16.6. The minimum Gasteiger partial charge on any atom is -0.432 e. The molecule has 3 nitrogen and oxygen atoms in total. The summed E-state index contributed by atoms with van der Waals surface area (Å²) < 4.78 is 4.65. The molecule has 1 heterocycles. The van der Waals surface area contributed by atoms with Gasteiger partial charge in [-0.05, 0) is 25.8 Å². The van der Waals surface area contributed by atoms with Crippen molar-refractivity contribution in [2.75, 3.05) is 0 Å². The fraction of sp³-hybridized carbons (Fsp3) is 0.500. The lowest BCUT2D eigenvalue weighted by Gasteiger charge is -2.18. The molecule has 1 atom stereocenters. The molecule has 0 saturated carbocycles. The summed E-state index contributed by atoms with van der Waals surface area (Å²) in [6.07, 6.45) is 3.60. The number of hydrogen-bond donors (Lipinski definition) is 1.